The van der Waals surface area contributed by atoms with Crippen LogP contribution in [0.4, 0.5) is 11.5 Å². The number of rotatable bonds is 9. The topological polar surface area (TPSA) is 156 Å². The van der Waals surface area contributed by atoms with Crippen LogP contribution in [0.1, 0.15) is 97.0 Å². The Morgan fingerprint density at radius 1 is 1.00 bits per heavy atom. The van der Waals surface area contributed by atoms with Gasteiger partial charge in [0.25, 0.3) is 11.8 Å². The molecule has 1 aliphatic carbocycles. The number of carbonyl (C=O) groups is 4. The Hall–Kier alpha value is -4.84. The molecule has 0 unspecified atom stereocenters. The monoisotopic (exact) mass is 850 g/mol. The molecule has 4 amide bonds. The number of primary amides is 1. The predicted octanol–water partition coefficient (Wildman–Crippen LogP) is 5.67. The van der Waals surface area contributed by atoms with E-state index in [0.717, 1.165) is 69.1 Å². The Labute approximate surface area is 361 Å². The van der Waals surface area contributed by atoms with Gasteiger partial charge in [-0.05, 0) is 73.6 Å². The molecule has 0 radical (unpaired) electrons. The molecule has 2 N–H and O–H groups in total. The standard InChI is InChI=1S/C45H51ClN8O5S/c1-44(2)42(45(3,4)43(44)59-31-8-5-26(20-47)34(46)19-31)54-37(55)12-10-35(40(54)58)53-39(57)33-18-28(7-9-32(33)41(53)60)52-24-29-17-30(52)23-51(29)22-25-13-15-50(16-14-25)36-11-6-27(21-49-36)38(48)56/h5-9,11,18-19,21,25,29-30,35,41-43,60H,10,12-17,22-24H2,1-4H3,(H2,48,56)/t29-,30-,35-,41-,42?,43?/m1/s1. The van der Waals surface area contributed by atoms with Gasteiger partial charge in [0.15, 0.2) is 0 Å². The van der Waals surface area contributed by atoms with Crippen LogP contribution in [0.5, 0.6) is 5.75 Å². The van der Waals surface area contributed by atoms with Gasteiger partial charge in [0.05, 0.1) is 22.2 Å². The largest absolute Gasteiger partial charge is 0.489 e. The number of piperidine rings is 2. The van der Waals surface area contributed by atoms with Crippen LogP contribution < -0.4 is 20.3 Å². The maximum absolute atomic E-state index is 14.6. The minimum absolute atomic E-state index is 0.136. The summed E-state index contributed by atoms with van der Waals surface area (Å²) in [6.45, 7) is 12.8. The highest BCUT2D eigenvalue weighted by atomic mass is 35.5. The Bertz CT molecular complexity index is 2290. The summed E-state index contributed by atoms with van der Waals surface area (Å²) >= 11 is 11.2. The number of piperazine rings is 1. The van der Waals surface area contributed by atoms with Gasteiger partial charge in [-0.15, -0.1) is 12.6 Å². The van der Waals surface area contributed by atoms with Gasteiger partial charge in [0.1, 0.15) is 35.2 Å². The van der Waals surface area contributed by atoms with E-state index < -0.39 is 34.2 Å². The molecular weight excluding hydrogens is 800 g/mol. The zero-order chi connectivity index (χ0) is 42.4. The van der Waals surface area contributed by atoms with E-state index in [2.05, 4.69) is 31.8 Å². The summed E-state index contributed by atoms with van der Waals surface area (Å²) in [5.74, 6) is 0.660. The van der Waals surface area contributed by atoms with Crippen molar-refractivity contribution in [1.82, 2.24) is 19.7 Å². The van der Waals surface area contributed by atoms with Crippen molar-refractivity contribution in [3.63, 3.8) is 0 Å². The number of halogens is 1. The highest BCUT2D eigenvalue weighted by Gasteiger charge is 2.68. The molecule has 4 atom stereocenters. The Morgan fingerprint density at radius 2 is 1.75 bits per heavy atom. The molecule has 3 aromatic rings. The van der Waals surface area contributed by atoms with E-state index in [9.17, 15) is 24.4 Å². The first-order valence-electron chi connectivity index (χ1n) is 21.0. The summed E-state index contributed by atoms with van der Waals surface area (Å²) in [7, 11) is 0. The van der Waals surface area contributed by atoms with Gasteiger partial charge in [-0.3, -0.25) is 29.0 Å². The van der Waals surface area contributed by atoms with Crippen molar-refractivity contribution in [3.05, 3.63) is 82.0 Å². The number of nitrogens with zero attached hydrogens (tertiary/aromatic N) is 7. The van der Waals surface area contributed by atoms with E-state index in [0.29, 0.717) is 45.5 Å². The number of imide groups is 1. The summed E-state index contributed by atoms with van der Waals surface area (Å²) in [5, 5.41) is 8.98. The molecule has 60 heavy (non-hydrogen) atoms. The van der Waals surface area contributed by atoms with Crippen LogP contribution in [0.2, 0.25) is 5.02 Å². The maximum atomic E-state index is 14.6. The zero-order valence-corrected chi connectivity index (χ0v) is 36.0. The fourth-order valence-corrected chi connectivity index (χ4v) is 12.4. The normalized spacial score (nSPS) is 28.5. The number of pyridine rings is 1. The average Bonchev–Trinajstić information content (AvgIpc) is 3.90. The smallest absolute Gasteiger partial charge is 0.256 e. The molecule has 6 heterocycles. The number of thiol groups is 1. The second-order valence-corrected chi connectivity index (χ2v) is 19.6. The molecule has 15 heteroatoms. The summed E-state index contributed by atoms with van der Waals surface area (Å²) in [6, 6.07) is 16.2. The summed E-state index contributed by atoms with van der Waals surface area (Å²) < 4.78 is 6.45. The Kier molecular flexibility index (Phi) is 10.1. The first-order valence-corrected chi connectivity index (χ1v) is 21.9. The van der Waals surface area contributed by atoms with Crippen molar-refractivity contribution in [2.24, 2.45) is 22.5 Å². The molecule has 5 fully saturated rings. The number of likely N-dealkylation sites (tertiary alicyclic amines) is 2. The zero-order valence-electron chi connectivity index (χ0n) is 34.4. The minimum Gasteiger partial charge on any atom is -0.489 e. The number of anilines is 2. The number of benzene rings is 2. The number of hydrogen-bond donors (Lipinski definition) is 2. The predicted molar refractivity (Wildman–Crippen MR) is 230 cm³/mol. The highest BCUT2D eigenvalue weighted by molar-refractivity contribution is 7.80. The fraction of sp³-hybridized carbons (Fsp3) is 0.511. The number of aromatic nitrogens is 1. The third-order valence-electron chi connectivity index (χ3n) is 14.3. The summed E-state index contributed by atoms with van der Waals surface area (Å²) in [6.07, 6.45) is 4.81. The quantitative estimate of drug-likeness (QED) is 0.203. The SMILES string of the molecule is CC1(C)C(Oc2ccc(C#N)c(Cl)c2)C(C)(C)C1N1C(=O)CC[C@@H](N2C(=O)c3cc(N4C[C@H]5C[C@@H]4CN5CC4CCN(c5ccc(C(N)=O)cn5)CC4)ccc3[C@H]2S)C1=O. The third kappa shape index (κ3) is 6.59. The van der Waals surface area contributed by atoms with Gasteiger partial charge in [0, 0.05) is 85.6 Å². The number of fused-ring (bicyclic) bond motifs is 3. The number of nitrogens with two attached hydrogens (primary N) is 1. The first kappa shape index (κ1) is 40.6. The van der Waals surface area contributed by atoms with Crippen LogP contribution in [0.25, 0.3) is 0 Å². The second-order valence-electron chi connectivity index (χ2n) is 18.7. The second kappa shape index (κ2) is 15.0. The minimum atomic E-state index is -0.834. The van der Waals surface area contributed by atoms with Gasteiger partial charge in [-0.25, -0.2) is 4.98 Å². The molecule has 0 spiro atoms. The molecule has 4 saturated heterocycles. The number of amides is 4. The Morgan fingerprint density at radius 3 is 2.38 bits per heavy atom. The lowest BCUT2D eigenvalue weighted by Gasteiger charge is -2.66. The number of nitriles is 1. The highest BCUT2D eigenvalue weighted by Crippen LogP contribution is 2.59. The van der Waals surface area contributed by atoms with Crippen LogP contribution >= 0.6 is 24.2 Å². The molecular formula is C45H51ClN8O5S. The lowest BCUT2D eigenvalue weighted by Crippen LogP contribution is -2.77. The van der Waals surface area contributed by atoms with Crippen LogP contribution in [0, 0.1) is 28.1 Å². The van der Waals surface area contributed by atoms with E-state index in [-0.39, 0.29) is 36.7 Å². The van der Waals surface area contributed by atoms with Gasteiger partial charge >= 0.3 is 0 Å². The van der Waals surface area contributed by atoms with Crippen molar-refractivity contribution < 1.29 is 23.9 Å². The van der Waals surface area contributed by atoms with E-state index >= 15 is 0 Å². The summed E-state index contributed by atoms with van der Waals surface area (Å²) in [5.41, 5.74) is 7.24. The van der Waals surface area contributed by atoms with Crippen LogP contribution in [0.15, 0.2) is 54.7 Å². The van der Waals surface area contributed by atoms with Gasteiger partial charge in [-0.1, -0.05) is 45.4 Å². The van der Waals surface area contributed by atoms with Crippen molar-refractivity contribution in [3.8, 4) is 11.8 Å². The van der Waals surface area contributed by atoms with Crippen LogP contribution in [0.3, 0.4) is 0 Å². The molecule has 314 valence electrons. The molecule has 2 bridgehead atoms. The molecule has 5 aliphatic heterocycles. The third-order valence-corrected chi connectivity index (χ3v) is 15.1. The number of carbonyl (C=O) groups excluding carboxylic acids is 4. The average molecular weight is 851 g/mol. The molecule has 1 aromatic heterocycles. The fourth-order valence-electron chi connectivity index (χ4n) is 11.7. The van der Waals surface area contributed by atoms with Crippen molar-refractivity contribution in [2.45, 2.75) is 95.4 Å². The lowest BCUT2D eigenvalue weighted by molar-refractivity contribution is -0.216. The van der Waals surface area contributed by atoms with E-state index in [1.165, 1.54) is 4.90 Å². The molecule has 2 aromatic carbocycles. The maximum Gasteiger partial charge on any atom is 0.256 e. The Balaban J connectivity index is 0.836. The van der Waals surface area contributed by atoms with Gasteiger partial charge in [0.2, 0.25) is 11.8 Å². The number of ether oxygens (including phenoxy) is 1. The molecule has 13 nitrogen and oxygen atoms in total. The lowest BCUT2D eigenvalue weighted by atomic mass is 9.48. The first-order chi connectivity index (χ1) is 28.6. The van der Waals surface area contributed by atoms with Crippen molar-refractivity contribution in [1.29, 1.82) is 5.26 Å². The molecule has 1 saturated carbocycles. The van der Waals surface area contributed by atoms with Crippen LogP contribution in [-0.4, -0.2) is 106 Å². The van der Waals surface area contributed by atoms with Crippen LogP contribution in [-0.2, 0) is 9.59 Å². The van der Waals surface area contributed by atoms with Gasteiger partial charge < -0.3 is 25.2 Å². The van der Waals surface area contributed by atoms with Crippen molar-refractivity contribution >= 4 is 59.4 Å². The van der Waals surface area contributed by atoms with E-state index in [1.807, 2.05) is 45.9 Å². The molecule has 9 rings (SSSR count). The summed E-state index contributed by atoms with van der Waals surface area (Å²) in [4.78, 5) is 68.9. The van der Waals surface area contributed by atoms with Gasteiger partial charge in [-0.2, -0.15) is 5.26 Å². The van der Waals surface area contributed by atoms with Crippen molar-refractivity contribution in [2.75, 3.05) is 42.5 Å². The van der Waals surface area contributed by atoms with E-state index in [1.54, 1.807) is 35.4 Å². The van der Waals surface area contributed by atoms with E-state index in [4.69, 9.17) is 34.7 Å². The molecule has 6 aliphatic rings. The number of hydrogen-bond acceptors (Lipinski definition) is 11.